The summed E-state index contributed by atoms with van der Waals surface area (Å²) in [5, 5.41) is 10.3. The molecule has 2 aliphatic heterocycles. The van der Waals surface area contributed by atoms with Crippen molar-refractivity contribution in [1.82, 2.24) is 9.55 Å². The second-order valence-electron chi connectivity index (χ2n) is 7.43. The van der Waals surface area contributed by atoms with Crippen LogP contribution in [0.5, 0.6) is 0 Å². The molecular formula is C21H19FN2O3. The maximum absolute atomic E-state index is 14.1. The van der Waals surface area contributed by atoms with Crippen LogP contribution in [-0.2, 0) is 21.5 Å². The average Bonchev–Trinajstić information content (AvgIpc) is 3.29. The summed E-state index contributed by atoms with van der Waals surface area (Å²) in [4.78, 5) is 17.3. The Hall–Kier alpha value is -2.73. The van der Waals surface area contributed by atoms with E-state index >= 15 is 0 Å². The monoisotopic (exact) mass is 366 g/mol. The number of hydrogen-bond donors (Lipinski definition) is 1. The fourth-order valence-corrected chi connectivity index (χ4v) is 4.54. The number of imidazole rings is 1. The summed E-state index contributed by atoms with van der Waals surface area (Å²) in [5.74, 6) is -0.694. The zero-order valence-electron chi connectivity index (χ0n) is 14.7. The second-order valence-corrected chi connectivity index (χ2v) is 7.43. The molecule has 0 bridgehead atoms. The third-order valence-electron chi connectivity index (χ3n) is 5.83. The first-order chi connectivity index (χ1) is 13.1. The number of carbonyl (C=O) groups is 1. The molecule has 2 aliphatic rings. The summed E-state index contributed by atoms with van der Waals surface area (Å²) in [5.41, 5.74) is 1.62. The second kappa shape index (κ2) is 5.89. The van der Waals surface area contributed by atoms with E-state index in [2.05, 4.69) is 0 Å². The van der Waals surface area contributed by atoms with E-state index in [9.17, 15) is 14.3 Å². The molecule has 138 valence electrons. The van der Waals surface area contributed by atoms with Crippen LogP contribution in [-0.4, -0.2) is 33.3 Å². The van der Waals surface area contributed by atoms with E-state index in [1.807, 2.05) is 28.8 Å². The largest absolute Gasteiger partial charge is 0.481 e. The van der Waals surface area contributed by atoms with E-state index in [0.717, 1.165) is 23.9 Å². The van der Waals surface area contributed by atoms with Crippen LogP contribution >= 0.6 is 0 Å². The highest BCUT2D eigenvalue weighted by Gasteiger charge is 2.48. The summed E-state index contributed by atoms with van der Waals surface area (Å²) in [6, 6.07) is 12.1. The Kier molecular flexibility index (Phi) is 3.59. The third-order valence-corrected chi connectivity index (χ3v) is 5.83. The van der Waals surface area contributed by atoms with Gasteiger partial charge in [-0.1, -0.05) is 12.1 Å². The van der Waals surface area contributed by atoms with E-state index in [0.29, 0.717) is 30.0 Å². The smallest absolute Gasteiger partial charge is 0.316 e. The molecule has 0 spiro atoms. The predicted octanol–water partition coefficient (Wildman–Crippen LogP) is 3.75. The Morgan fingerprint density at radius 2 is 2.19 bits per heavy atom. The normalized spacial score (nSPS) is 24.0. The molecule has 5 rings (SSSR count). The van der Waals surface area contributed by atoms with Gasteiger partial charge in [0.1, 0.15) is 17.1 Å². The molecule has 0 saturated carbocycles. The number of carboxylic acid groups (broad SMARTS) is 1. The summed E-state index contributed by atoms with van der Waals surface area (Å²) in [6.45, 7) is 0.865. The number of halogens is 1. The van der Waals surface area contributed by atoms with Gasteiger partial charge in [-0.25, -0.2) is 9.37 Å². The molecule has 2 aromatic carbocycles. The van der Waals surface area contributed by atoms with Crippen molar-refractivity contribution in [1.29, 1.82) is 0 Å². The molecule has 3 aromatic rings. The molecular weight excluding hydrogens is 347 g/mol. The van der Waals surface area contributed by atoms with Gasteiger partial charge in [0.2, 0.25) is 0 Å². The lowest BCUT2D eigenvalue weighted by Gasteiger charge is -2.37. The van der Waals surface area contributed by atoms with Crippen molar-refractivity contribution in [2.45, 2.75) is 37.3 Å². The number of hydrogen-bond acceptors (Lipinski definition) is 3. The molecule has 6 heteroatoms. The Balaban J connectivity index is 1.77. The van der Waals surface area contributed by atoms with Crippen LogP contribution in [0.25, 0.3) is 22.4 Å². The minimum Gasteiger partial charge on any atom is -0.481 e. The zero-order chi connectivity index (χ0) is 18.6. The SMILES string of the molecule is O=C(O)C1(CC2CCCO2)Cn2c(nc3ccccc32)-c2ccc(F)cc21. The summed E-state index contributed by atoms with van der Waals surface area (Å²) >= 11 is 0. The lowest BCUT2D eigenvalue weighted by atomic mass is 9.71. The van der Waals surface area contributed by atoms with Gasteiger partial charge < -0.3 is 14.4 Å². The van der Waals surface area contributed by atoms with Crippen LogP contribution in [0.2, 0.25) is 0 Å². The van der Waals surface area contributed by atoms with Gasteiger partial charge in [-0.05, 0) is 55.2 Å². The van der Waals surface area contributed by atoms with E-state index in [4.69, 9.17) is 9.72 Å². The number of ether oxygens (including phenoxy) is 1. The van der Waals surface area contributed by atoms with Gasteiger partial charge in [0.05, 0.1) is 17.1 Å². The molecule has 1 fully saturated rings. The van der Waals surface area contributed by atoms with Crippen molar-refractivity contribution < 1.29 is 19.0 Å². The Bertz CT molecular complexity index is 1050. The standard InChI is InChI=1S/C21H19FN2O3/c22-13-7-8-15-16(10-13)21(20(25)26,11-14-4-3-9-27-14)12-24-18-6-2-1-5-17(18)23-19(15)24/h1-2,5-8,10,14H,3-4,9,11-12H2,(H,25,26). The average molecular weight is 366 g/mol. The first-order valence-corrected chi connectivity index (χ1v) is 9.19. The molecule has 27 heavy (non-hydrogen) atoms. The first kappa shape index (κ1) is 16.4. The molecule has 3 heterocycles. The van der Waals surface area contributed by atoms with Crippen LogP contribution in [0, 0.1) is 5.82 Å². The maximum atomic E-state index is 14.1. The van der Waals surface area contributed by atoms with Crippen molar-refractivity contribution >= 4 is 17.0 Å². The Morgan fingerprint density at radius 1 is 1.33 bits per heavy atom. The summed E-state index contributed by atoms with van der Waals surface area (Å²) in [6.07, 6.45) is 1.95. The van der Waals surface area contributed by atoms with Gasteiger partial charge in [-0.2, -0.15) is 0 Å². The van der Waals surface area contributed by atoms with Gasteiger partial charge in [-0.3, -0.25) is 4.79 Å². The highest BCUT2D eigenvalue weighted by atomic mass is 19.1. The fourth-order valence-electron chi connectivity index (χ4n) is 4.54. The summed E-state index contributed by atoms with van der Waals surface area (Å²) < 4.78 is 21.9. The van der Waals surface area contributed by atoms with E-state index in [-0.39, 0.29) is 12.6 Å². The number of aliphatic carboxylic acids is 1. The molecule has 0 aliphatic carbocycles. The van der Waals surface area contributed by atoms with Gasteiger partial charge >= 0.3 is 5.97 Å². The highest BCUT2D eigenvalue weighted by molar-refractivity contribution is 5.89. The minimum absolute atomic E-state index is 0.131. The molecule has 0 radical (unpaired) electrons. The van der Waals surface area contributed by atoms with Crippen molar-refractivity contribution in [2.75, 3.05) is 6.61 Å². The van der Waals surface area contributed by atoms with Crippen molar-refractivity contribution in [3.05, 3.63) is 53.8 Å². The topological polar surface area (TPSA) is 64.3 Å². The van der Waals surface area contributed by atoms with Crippen molar-refractivity contribution in [2.24, 2.45) is 0 Å². The third kappa shape index (κ3) is 2.40. The molecule has 5 nitrogen and oxygen atoms in total. The molecule has 1 N–H and O–H groups in total. The van der Waals surface area contributed by atoms with Crippen LogP contribution < -0.4 is 0 Å². The molecule has 0 amide bonds. The van der Waals surface area contributed by atoms with E-state index in [1.54, 1.807) is 6.07 Å². The van der Waals surface area contributed by atoms with Gasteiger partial charge in [0.15, 0.2) is 0 Å². The number of para-hydroxylation sites is 2. The lowest BCUT2D eigenvalue weighted by Crippen LogP contribution is -2.45. The molecule has 2 atom stereocenters. The Labute approximate surface area is 155 Å². The maximum Gasteiger partial charge on any atom is 0.316 e. The van der Waals surface area contributed by atoms with Crippen LogP contribution in [0.15, 0.2) is 42.5 Å². The van der Waals surface area contributed by atoms with Gasteiger partial charge in [-0.15, -0.1) is 0 Å². The van der Waals surface area contributed by atoms with Gasteiger partial charge in [0.25, 0.3) is 0 Å². The van der Waals surface area contributed by atoms with Crippen LogP contribution in [0.1, 0.15) is 24.8 Å². The minimum atomic E-state index is -1.25. The lowest BCUT2D eigenvalue weighted by molar-refractivity contribution is -0.146. The van der Waals surface area contributed by atoms with E-state index < -0.39 is 17.2 Å². The van der Waals surface area contributed by atoms with Crippen LogP contribution in [0.3, 0.4) is 0 Å². The number of fused-ring (bicyclic) bond motifs is 5. The predicted molar refractivity (Wildman–Crippen MR) is 98.0 cm³/mol. The quantitative estimate of drug-likeness (QED) is 0.767. The number of carboxylic acids is 1. The highest BCUT2D eigenvalue weighted by Crippen LogP contribution is 2.45. The molecule has 2 unspecified atom stereocenters. The zero-order valence-corrected chi connectivity index (χ0v) is 14.7. The number of rotatable bonds is 3. The molecule has 1 aromatic heterocycles. The van der Waals surface area contributed by atoms with Crippen molar-refractivity contribution in [3.63, 3.8) is 0 Å². The summed E-state index contributed by atoms with van der Waals surface area (Å²) in [7, 11) is 0. The van der Waals surface area contributed by atoms with Crippen molar-refractivity contribution in [3.8, 4) is 11.4 Å². The first-order valence-electron chi connectivity index (χ1n) is 9.19. The van der Waals surface area contributed by atoms with Gasteiger partial charge in [0, 0.05) is 18.7 Å². The number of benzene rings is 2. The molecule has 1 saturated heterocycles. The Morgan fingerprint density at radius 3 is 2.96 bits per heavy atom. The fraction of sp³-hybridized carbons (Fsp3) is 0.333. The number of aromatic nitrogens is 2. The number of nitrogens with zero attached hydrogens (tertiary/aromatic N) is 2. The van der Waals surface area contributed by atoms with E-state index in [1.165, 1.54) is 12.1 Å². The van der Waals surface area contributed by atoms with Crippen LogP contribution in [0.4, 0.5) is 4.39 Å².